The number of amides is 1. The summed E-state index contributed by atoms with van der Waals surface area (Å²) in [7, 11) is 0. The molecule has 0 unspecified atom stereocenters. The number of rotatable bonds is 5. The van der Waals surface area contributed by atoms with Crippen molar-refractivity contribution in [2.45, 2.75) is 19.4 Å². The molecule has 7 heteroatoms. The van der Waals surface area contributed by atoms with Crippen LogP contribution in [0.3, 0.4) is 0 Å². The normalized spacial score (nSPS) is 17.5. The first kappa shape index (κ1) is 15.5. The maximum absolute atomic E-state index is 12.0. The molecule has 122 valence electrons. The molecule has 1 aliphatic rings. The van der Waals surface area contributed by atoms with Crippen molar-refractivity contribution in [3.8, 4) is 0 Å². The van der Waals surface area contributed by atoms with Gasteiger partial charge in [0.15, 0.2) is 0 Å². The molecule has 0 aliphatic carbocycles. The fourth-order valence-corrected chi connectivity index (χ4v) is 2.77. The zero-order chi connectivity index (χ0) is 16.2. The SMILES string of the molecule is O=C(CCn1c(=O)[nH]c(=O)c2ccccc21)NC[C@@H]1CCOC1. The number of nitrogens with zero attached hydrogens (tertiary/aromatic N) is 1. The second-order valence-corrected chi connectivity index (χ2v) is 5.71. The van der Waals surface area contributed by atoms with Gasteiger partial charge in [-0.3, -0.25) is 19.1 Å². The largest absolute Gasteiger partial charge is 0.381 e. The lowest BCUT2D eigenvalue weighted by Gasteiger charge is -2.11. The van der Waals surface area contributed by atoms with Gasteiger partial charge >= 0.3 is 5.69 Å². The number of H-pyrrole nitrogens is 1. The van der Waals surface area contributed by atoms with Gasteiger partial charge in [-0.1, -0.05) is 12.1 Å². The van der Waals surface area contributed by atoms with E-state index in [2.05, 4.69) is 10.3 Å². The molecule has 2 aromatic rings. The Morgan fingerprint density at radius 3 is 2.96 bits per heavy atom. The minimum absolute atomic E-state index is 0.112. The molecule has 2 heterocycles. The van der Waals surface area contributed by atoms with E-state index < -0.39 is 11.2 Å². The number of aromatic nitrogens is 2. The van der Waals surface area contributed by atoms with Gasteiger partial charge < -0.3 is 10.1 Å². The fraction of sp³-hybridized carbons (Fsp3) is 0.438. The van der Waals surface area contributed by atoms with Gasteiger partial charge in [-0.25, -0.2) is 4.79 Å². The summed E-state index contributed by atoms with van der Waals surface area (Å²) in [5.41, 5.74) is -0.364. The van der Waals surface area contributed by atoms with Gasteiger partial charge in [0.25, 0.3) is 5.56 Å². The smallest absolute Gasteiger partial charge is 0.328 e. The van der Waals surface area contributed by atoms with Gasteiger partial charge in [0.2, 0.25) is 5.91 Å². The molecule has 2 N–H and O–H groups in total. The molecule has 0 saturated carbocycles. The fourth-order valence-electron chi connectivity index (χ4n) is 2.77. The maximum Gasteiger partial charge on any atom is 0.328 e. The monoisotopic (exact) mass is 317 g/mol. The zero-order valence-corrected chi connectivity index (χ0v) is 12.7. The van der Waals surface area contributed by atoms with E-state index in [4.69, 9.17) is 4.74 Å². The average Bonchev–Trinajstić information content (AvgIpc) is 3.06. The van der Waals surface area contributed by atoms with Gasteiger partial charge in [-0.05, 0) is 18.6 Å². The number of ether oxygens (including phenoxy) is 1. The number of hydrogen-bond donors (Lipinski definition) is 2. The molecule has 1 amide bonds. The van der Waals surface area contributed by atoms with Crippen LogP contribution in [0, 0.1) is 5.92 Å². The van der Waals surface area contributed by atoms with E-state index >= 15 is 0 Å². The molecule has 23 heavy (non-hydrogen) atoms. The van der Waals surface area contributed by atoms with Crippen LogP contribution in [-0.2, 0) is 16.1 Å². The summed E-state index contributed by atoms with van der Waals surface area (Å²) in [6.07, 6.45) is 1.15. The molecule has 3 rings (SSSR count). The third-order valence-corrected chi connectivity index (χ3v) is 4.08. The van der Waals surface area contributed by atoms with Crippen LogP contribution in [0.2, 0.25) is 0 Å². The Balaban J connectivity index is 1.68. The third-order valence-electron chi connectivity index (χ3n) is 4.08. The van der Waals surface area contributed by atoms with Crippen molar-refractivity contribution in [2.75, 3.05) is 19.8 Å². The highest BCUT2D eigenvalue weighted by Gasteiger charge is 2.16. The highest BCUT2D eigenvalue weighted by Crippen LogP contribution is 2.11. The zero-order valence-electron chi connectivity index (χ0n) is 12.7. The maximum atomic E-state index is 12.0. The second kappa shape index (κ2) is 6.78. The van der Waals surface area contributed by atoms with Gasteiger partial charge in [0.05, 0.1) is 17.5 Å². The number of benzene rings is 1. The summed E-state index contributed by atoms with van der Waals surface area (Å²) in [6.45, 7) is 2.26. The third kappa shape index (κ3) is 3.50. The molecule has 0 radical (unpaired) electrons. The van der Waals surface area contributed by atoms with Crippen LogP contribution in [-0.4, -0.2) is 35.2 Å². The Morgan fingerprint density at radius 2 is 2.17 bits per heavy atom. The Hall–Kier alpha value is -2.41. The van der Waals surface area contributed by atoms with E-state index in [0.29, 0.717) is 30.0 Å². The summed E-state index contributed by atoms with van der Waals surface area (Å²) in [5.74, 6) is 0.259. The Labute approximate surface area is 132 Å². The van der Waals surface area contributed by atoms with Crippen molar-refractivity contribution in [3.05, 3.63) is 45.1 Å². The molecular formula is C16H19N3O4. The standard InChI is InChI=1S/C16H19N3O4/c20-14(17-9-11-6-8-23-10-11)5-7-19-13-4-2-1-3-12(13)15(21)18-16(19)22/h1-4,11H,5-10H2,(H,17,20)(H,18,21,22)/t11-/m0/s1. The minimum Gasteiger partial charge on any atom is -0.381 e. The van der Waals surface area contributed by atoms with Crippen LogP contribution >= 0.6 is 0 Å². The molecule has 0 spiro atoms. The van der Waals surface area contributed by atoms with Crippen LogP contribution in [0.25, 0.3) is 10.9 Å². The molecule has 1 saturated heterocycles. The first-order chi connectivity index (χ1) is 11.1. The predicted molar refractivity (Wildman–Crippen MR) is 85.4 cm³/mol. The number of fused-ring (bicyclic) bond motifs is 1. The molecule has 1 aromatic heterocycles. The van der Waals surface area contributed by atoms with Crippen molar-refractivity contribution in [2.24, 2.45) is 5.92 Å². The van der Waals surface area contributed by atoms with E-state index in [1.54, 1.807) is 24.3 Å². The number of aryl methyl sites for hydroxylation is 1. The number of nitrogens with one attached hydrogen (secondary N) is 2. The van der Waals surface area contributed by atoms with E-state index in [1.165, 1.54) is 4.57 Å². The predicted octanol–water partition coefficient (Wildman–Crippen LogP) is 0.233. The second-order valence-electron chi connectivity index (χ2n) is 5.71. The highest BCUT2D eigenvalue weighted by atomic mass is 16.5. The topological polar surface area (TPSA) is 93.2 Å². The summed E-state index contributed by atoms with van der Waals surface area (Å²) in [6, 6.07) is 6.87. The molecule has 1 atom stereocenters. The average molecular weight is 317 g/mol. The highest BCUT2D eigenvalue weighted by molar-refractivity contribution is 5.78. The van der Waals surface area contributed by atoms with Crippen LogP contribution in [0.15, 0.2) is 33.9 Å². The van der Waals surface area contributed by atoms with Gasteiger partial charge in [0.1, 0.15) is 0 Å². The van der Waals surface area contributed by atoms with Crippen LogP contribution in [0.4, 0.5) is 0 Å². The lowest BCUT2D eigenvalue weighted by atomic mass is 10.1. The van der Waals surface area contributed by atoms with Crippen LogP contribution < -0.4 is 16.6 Å². The molecule has 0 bridgehead atoms. The van der Waals surface area contributed by atoms with Crippen LogP contribution in [0.1, 0.15) is 12.8 Å². The number of carbonyl (C=O) groups is 1. The summed E-state index contributed by atoms with van der Waals surface area (Å²) < 4.78 is 6.69. The van der Waals surface area contributed by atoms with Gasteiger partial charge in [-0.2, -0.15) is 0 Å². The van der Waals surface area contributed by atoms with Crippen molar-refractivity contribution in [3.63, 3.8) is 0 Å². The van der Waals surface area contributed by atoms with E-state index in [9.17, 15) is 14.4 Å². The van der Waals surface area contributed by atoms with E-state index in [0.717, 1.165) is 13.0 Å². The van der Waals surface area contributed by atoms with E-state index in [-0.39, 0.29) is 18.9 Å². The minimum atomic E-state index is -0.495. The molecule has 1 aromatic carbocycles. The van der Waals surface area contributed by atoms with Crippen molar-refractivity contribution in [1.29, 1.82) is 0 Å². The Morgan fingerprint density at radius 1 is 1.35 bits per heavy atom. The van der Waals surface area contributed by atoms with E-state index in [1.807, 2.05) is 0 Å². The molecule has 7 nitrogen and oxygen atoms in total. The summed E-state index contributed by atoms with van der Waals surface area (Å²) in [5, 5.41) is 3.31. The summed E-state index contributed by atoms with van der Waals surface area (Å²) >= 11 is 0. The number of hydrogen-bond acceptors (Lipinski definition) is 4. The molecular weight excluding hydrogens is 298 g/mol. The number of para-hydroxylation sites is 1. The van der Waals surface area contributed by atoms with Crippen molar-refractivity contribution >= 4 is 16.8 Å². The Bertz CT molecular complexity index is 818. The van der Waals surface area contributed by atoms with Gasteiger partial charge in [-0.15, -0.1) is 0 Å². The first-order valence-electron chi connectivity index (χ1n) is 7.71. The quantitative estimate of drug-likeness (QED) is 0.826. The van der Waals surface area contributed by atoms with Gasteiger partial charge in [0, 0.05) is 32.0 Å². The number of carbonyl (C=O) groups excluding carboxylic acids is 1. The lowest BCUT2D eigenvalue weighted by Crippen LogP contribution is -2.34. The van der Waals surface area contributed by atoms with Crippen LogP contribution in [0.5, 0.6) is 0 Å². The Kier molecular flexibility index (Phi) is 4.57. The molecule has 1 fully saturated rings. The molecule has 1 aliphatic heterocycles. The van der Waals surface area contributed by atoms with Crippen molar-refractivity contribution < 1.29 is 9.53 Å². The number of aromatic amines is 1. The lowest BCUT2D eigenvalue weighted by molar-refractivity contribution is -0.121. The first-order valence-corrected chi connectivity index (χ1v) is 7.71. The van der Waals surface area contributed by atoms with Crippen molar-refractivity contribution in [1.82, 2.24) is 14.9 Å². The summed E-state index contributed by atoms with van der Waals surface area (Å²) in [4.78, 5) is 38.0.